The Morgan fingerprint density at radius 2 is 1.83 bits per heavy atom. The first-order valence-electron chi connectivity index (χ1n) is 10.8. The summed E-state index contributed by atoms with van der Waals surface area (Å²) in [5.74, 6) is 0.904. The molecule has 0 spiro atoms. The molecule has 6 heteroatoms. The lowest BCUT2D eigenvalue weighted by molar-refractivity contribution is -0.140. The number of halogens is 1. The van der Waals surface area contributed by atoms with Crippen LogP contribution >= 0.6 is 11.6 Å². The summed E-state index contributed by atoms with van der Waals surface area (Å²) in [5.41, 5.74) is 0.989. The van der Waals surface area contributed by atoms with Crippen LogP contribution in [0, 0.1) is 13.8 Å². The number of carbonyl (C=O) groups excluding carboxylic acids is 1. The number of hydrogen-bond donors (Lipinski definition) is 1. The van der Waals surface area contributed by atoms with Crippen LogP contribution in [0.25, 0.3) is 0 Å². The lowest BCUT2D eigenvalue weighted by Gasteiger charge is -2.42. The number of rotatable bonds is 5. The minimum absolute atomic E-state index is 0.179. The van der Waals surface area contributed by atoms with E-state index < -0.39 is 5.60 Å². The quantitative estimate of drug-likeness (QED) is 0.780. The minimum Gasteiger partial charge on any atom is -0.491 e. The summed E-state index contributed by atoms with van der Waals surface area (Å²) in [6.07, 6.45) is 4.88. The van der Waals surface area contributed by atoms with E-state index in [1.54, 1.807) is 0 Å². The molecule has 1 aromatic rings. The van der Waals surface area contributed by atoms with Crippen molar-refractivity contribution in [2.45, 2.75) is 77.5 Å². The number of β-amino-alcohol motifs (C(OH)–C–C–N with tert-alkyl or cyclic N) is 1. The molecule has 2 aliphatic heterocycles. The number of hydrogen-bond acceptors (Lipinski definition) is 4. The van der Waals surface area contributed by atoms with E-state index in [2.05, 4.69) is 18.7 Å². The third kappa shape index (κ3) is 5.44. The highest BCUT2D eigenvalue weighted by molar-refractivity contribution is 6.32. The fraction of sp³-hybridized carbons (Fsp3) is 0.696. The van der Waals surface area contributed by atoms with Gasteiger partial charge in [0, 0.05) is 23.7 Å². The van der Waals surface area contributed by atoms with Crippen LogP contribution in [0.5, 0.6) is 5.75 Å². The number of piperidine rings is 2. The maximum Gasteiger partial charge on any atom is 0.237 e. The Morgan fingerprint density at radius 3 is 2.45 bits per heavy atom. The number of nitrogens with zero attached hydrogens (tertiary/aromatic N) is 2. The molecule has 0 bridgehead atoms. The third-order valence-corrected chi connectivity index (χ3v) is 6.99. The summed E-state index contributed by atoms with van der Waals surface area (Å²) in [6, 6.07) is 4.41. The van der Waals surface area contributed by atoms with Gasteiger partial charge in [0.05, 0.1) is 6.54 Å². The first kappa shape index (κ1) is 22.4. The third-order valence-electron chi connectivity index (χ3n) is 6.39. The maximum absolute atomic E-state index is 12.9. The van der Waals surface area contributed by atoms with Gasteiger partial charge >= 0.3 is 0 Å². The highest BCUT2D eigenvalue weighted by Gasteiger charge is 2.36. The second kappa shape index (κ2) is 9.23. The minimum atomic E-state index is -0.945. The fourth-order valence-corrected chi connectivity index (χ4v) is 4.96. The number of ether oxygens (including phenoxy) is 1. The number of amides is 1. The van der Waals surface area contributed by atoms with Gasteiger partial charge in [-0.15, -0.1) is 0 Å². The molecular formula is C23H35ClN2O3. The van der Waals surface area contributed by atoms with E-state index >= 15 is 0 Å². The smallest absolute Gasteiger partial charge is 0.237 e. The predicted molar refractivity (Wildman–Crippen MR) is 117 cm³/mol. The lowest BCUT2D eigenvalue weighted by atomic mass is 9.93. The fourth-order valence-electron chi connectivity index (χ4n) is 4.85. The predicted octanol–water partition coefficient (Wildman–Crippen LogP) is 3.95. The van der Waals surface area contributed by atoms with Gasteiger partial charge in [-0.3, -0.25) is 9.69 Å². The van der Waals surface area contributed by atoms with Crippen LogP contribution in [0.3, 0.4) is 0 Å². The average Bonchev–Trinajstić information content (AvgIpc) is 2.64. The van der Waals surface area contributed by atoms with Gasteiger partial charge in [0.1, 0.15) is 18.0 Å². The van der Waals surface area contributed by atoms with E-state index in [1.807, 2.05) is 30.9 Å². The van der Waals surface area contributed by atoms with Crippen LogP contribution in [-0.2, 0) is 4.79 Å². The Bertz CT molecular complexity index is 708. The van der Waals surface area contributed by atoms with Crippen molar-refractivity contribution >= 4 is 17.5 Å². The van der Waals surface area contributed by atoms with Gasteiger partial charge in [-0.05, 0) is 89.6 Å². The van der Waals surface area contributed by atoms with Crippen molar-refractivity contribution in [1.29, 1.82) is 0 Å². The topological polar surface area (TPSA) is 53.0 Å². The molecule has 2 saturated heterocycles. The van der Waals surface area contributed by atoms with Gasteiger partial charge in [-0.2, -0.15) is 0 Å². The van der Waals surface area contributed by atoms with Gasteiger partial charge in [-0.25, -0.2) is 0 Å². The van der Waals surface area contributed by atoms with Crippen LogP contribution in [0.15, 0.2) is 12.1 Å². The van der Waals surface area contributed by atoms with Crippen molar-refractivity contribution in [1.82, 2.24) is 9.80 Å². The molecule has 3 atom stereocenters. The van der Waals surface area contributed by atoms with E-state index in [0.717, 1.165) is 47.7 Å². The van der Waals surface area contributed by atoms with E-state index in [1.165, 1.54) is 6.42 Å². The molecule has 5 nitrogen and oxygen atoms in total. The number of aryl methyl sites for hydroxylation is 2. The van der Waals surface area contributed by atoms with E-state index in [0.29, 0.717) is 31.6 Å². The molecule has 3 unspecified atom stereocenters. The molecule has 2 fully saturated rings. The van der Waals surface area contributed by atoms with Crippen LogP contribution in [0.4, 0.5) is 0 Å². The van der Waals surface area contributed by atoms with Gasteiger partial charge < -0.3 is 14.7 Å². The summed E-state index contributed by atoms with van der Waals surface area (Å²) < 4.78 is 5.94. The summed E-state index contributed by atoms with van der Waals surface area (Å²) in [6.45, 7) is 10.1. The van der Waals surface area contributed by atoms with E-state index in [9.17, 15) is 9.90 Å². The largest absolute Gasteiger partial charge is 0.491 e. The number of carbonyl (C=O) groups is 1. The zero-order valence-electron chi connectivity index (χ0n) is 18.2. The summed E-state index contributed by atoms with van der Waals surface area (Å²) in [7, 11) is 0. The molecule has 1 amide bonds. The van der Waals surface area contributed by atoms with E-state index in [4.69, 9.17) is 16.3 Å². The summed E-state index contributed by atoms with van der Waals surface area (Å²) in [5, 5.41) is 11.9. The highest BCUT2D eigenvalue weighted by Crippen LogP contribution is 2.28. The van der Waals surface area contributed by atoms with Crippen LogP contribution < -0.4 is 4.74 Å². The molecule has 2 aliphatic rings. The molecule has 0 aromatic heterocycles. The summed E-state index contributed by atoms with van der Waals surface area (Å²) >= 11 is 6.23. The van der Waals surface area contributed by atoms with Gasteiger partial charge in [-0.1, -0.05) is 11.6 Å². The van der Waals surface area contributed by atoms with Gasteiger partial charge in [0.25, 0.3) is 0 Å². The molecule has 0 aliphatic carbocycles. The molecule has 1 N–H and O–H groups in total. The molecule has 0 saturated carbocycles. The molecule has 2 heterocycles. The zero-order chi connectivity index (χ0) is 21.2. The Balaban J connectivity index is 1.58. The second-order valence-corrected chi connectivity index (χ2v) is 9.51. The molecule has 0 radical (unpaired) electrons. The molecule has 3 rings (SSSR count). The molecular weight excluding hydrogens is 388 g/mol. The van der Waals surface area contributed by atoms with Gasteiger partial charge in [0.15, 0.2) is 0 Å². The van der Waals surface area contributed by atoms with Crippen LogP contribution in [0.2, 0.25) is 5.02 Å². The SMILES string of the molecule is Cc1cc(OCC2(O)CCCN(CC(=O)N3C(C)CCCC3C)C2)cc(C)c1Cl. The Hall–Kier alpha value is -1.30. The molecule has 1 aromatic carbocycles. The van der Waals surface area contributed by atoms with Crippen LogP contribution in [0.1, 0.15) is 57.1 Å². The zero-order valence-corrected chi connectivity index (χ0v) is 19.0. The monoisotopic (exact) mass is 422 g/mol. The average molecular weight is 423 g/mol. The highest BCUT2D eigenvalue weighted by atomic mass is 35.5. The summed E-state index contributed by atoms with van der Waals surface area (Å²) in [4.78, 5) is 17.1. The second-order valence-electron chi connectivity index (χ2n) is 9.13. The van der Waals surface area contributed by atoms with Crippen LogP contribution in [-0.4, -0.2) is 64.7 Å². The lowest BCUT2D eigenvalue weighted by Crippen LogP contribution is -2.56. The number of benzene rings is 1. The Morgan fingerprint density at radius 1 is 1.21 bits per heavy atom. The molecule has 29 heavy (non-hydrogen) atoms. The Kier molecular flexibility index (Phi) is 7.13. The first-order chi connectivity index (χ1) is 13.7. The Labute approximate surface area is 180 Å². The maximum atomic E-state index is 12.9. The van der Waals surface area contributed by atoms with E-state index in [-0.39, 0.29) is 12.5 Å². The van der Waals surface area contributed by atoms with Crippen molar-refractivity contribution in [2.24, 2.45) is 0 Å². The molecule has 162 valence electrons. The van der Waals surface area contributed by atoms with Crippen molar-refractivity contribution in [3.05, 3.63) is 28.3 Å². The number of likely N-dealkylation sites (tertiary alicyclic amines) is 2. The normalized spacial score (nSPS) is 28.4. The first-order valence-corrected chi connectivity index (χ1v) is 11.2. The van der Waals surface area contributed by atoms with Crippen molar-refractivity contribution in [3.8, 4) is 5.75 Å². The standard InChI is InChI=1S/C23H35ClN2O3/c1-16-11-20(12-17(2)22(16)24)29-15-23(28)9-6-10-25(14-23)13-21(27)26-18(3)7-5-8-19(26)4/h11-12,18-19,28H,5-10,13-15H2,1-4H3. The van der Waals surface area contributed by atoms with Crippen molar-refractivity contribution < 1.29 is 14.6 Å². The number of aliphatic hydroxyl groups is 1. The van der Waals surface area contributed by atoms with Crippen molar-refractivity contribution in [3.63, 3.8) is 0 Å². The van der Waals surface area contributed by atoms with Gasteiger partial charge in [0.2, 0.25) is 5.91 Å². The van der Waals surface area contributed by atoms with Crippen molar-refractivity contribution in [2.75, 3.05) is 26.2 Å².